The Bertz CT molecular complexity index is 1540. The van der Waals surface area contributed by atoms with Gasteiger partial charge in [-0.15, -0.1) is 0 Å². The van der Waals surface area contributed by atoms with Gasteiger partial charge in [0.05, 0.1) is 17.0 Å². The van der Waals surface area contributed by atoms with Crippen molar-refractivity contribution in [1.82, 2.24) is 10.3 Å². The zero-order valence-electron chi connectivity index (χ0n) is 20.2. The topological polar surface area (TPSA) is 115 Å². The van der Waals surface area contributed by atoms with Crippen LogP contribution in [0.25, 0.3) is 0 Å². The number of nitrogens with one attached hydrogen (secondary N) is 1. The molecule has 1 unspecified atom stereocenters. The lowest BCUT2D eigenvalue weighted by Crippen LogP contribution is -2.57. The molecule has 1 fully saturated rings. The van der Waals surface area contributed by atoms with Crippen molar-refractivity contribution >= 4 is 46.6 Å². The summed E-state index contributed by atoms with van der Waals surface area (Å²) in [4.78, 5) is 43.7. The van der Waals surface area contributed by atoms with Crippen molar-refractivity contribution in [2.24, 2.45) is 5.92 Å². The zero-order valence-corrected chi connectivity index (χ0v) is 21.9. The number of ether oxygens (including phenoxy) is 1. The molecule has 1 aromatic heterocycles. The maximum absolute atomic E-state index is 13.6. The van der Waals surface area contributed by atoms with Crippen LogP contribution in [-0.2, 0) is 9.59 Å². The third kappa shape index (κ3) is 5.95. The molecule has 0 spiro atoms. The van der Waals surface area contributed by atoms with Gasteiger partial charge in [-0.05, 0) is 72.4 Å². The van der Waals surface area contributed by atoms with Gasteiger partial charge in [-0.25, -0.2) is 4.98 Å². The van der Waals surface area contributed by atoms with Crippen LogP contribution in [0.3, 0.4) is 0 Å². The summed E-state index contributed by atoms with van der Waals surface area (Å²) in [6.07, 6.45) is 6.08. The van der Waals surface area contributed by atoms with Gasteiger partial charge in [0.1, 0.15) is 22.4 Å². The quantitative estimate of drug-likeness (QED) is 0.178. The van der Waals surface area contributed by atoms with E-state index in [9.17, 15) is 19.7 Å². The normalized spacial score (nSPS) is 18.4. The Balaban J connectivity index is 1.42. The lowest BCUT2D eigenvalue weighted by molar-refractivity contribution is -0.427. The van der Waals surface area contributed by atoms with Gasteiger partial charge in [0.15, 0.2) is 5.11 Å². The van der Waals surface area contributed by atoms with E-state index in [1.54, 1.807) is 48.7 Å². The van der Waals surface area contributed by atoms with Crippen molar-refractivity contribution in [3.8, 4) is 11.5 Å². The fourth-order valence-electron chi connectivity index (χ4n) is 3.98. The Kier molecular flexibility index (Phi) is 7.62. The summed E-state index contributed by atoms with van der Waals surface area (Å²) >= 11 is 6.62. The van der Waals surface area contributed by atoms with Crippen LogP contribution in [-0.4, -0.2) is 26.8 Å². The number of nitro groups is 1. The van der Waals surface area contributed by atoms with E-state index in [0.717, 1.165) is 0 Å². The van der Waals surface area contributed by atoms with Gasteiger partial charge >= 0.3 is 0 Å². The van der Waals surface area contributed by atoms with Crippen molar-refractivity contribution in [3.05, 3.63) is 124 Å². The van der Waals surface area contributed by atoms with Crippen LogP contribution < -0.4 is 15.0 Å². The summed E-state index contributed by atoms with van der Waals surface area (Å²) in [5.74, 6) is -1.18. The highest BCUT2D eigenvalue weighted by atomic mass is 32.2. The van der Waals surface area contributed by atoms with Crippen molar-refractivity contribution in [1.29, 1.82) is 0 Å². The summed E-state index contributed by atoms with van der Waals surface area (Å²) in [6, 6.07) is 21.4. The molecule has 39 heavy (non-hydrogen) atoms. The molecule has 0 bridgehead atoms. The number of nitrogens with zero attached hydrogens (tertiary/aromatic N) is 3. The van der Waals surface area contributed by atoms with E-state index in [1.165, 1.54) is 28.8 Å². The predicted octanol–water partition coefficient (Wildman–Crippen LogP) is 5.40. The van der Waals surface area contributed by atoms with Crippen LogP contribution in [0.5, 0.6) is 11.5 Å². The second-order valence-corrected chi connectivity index (χ2v) is 9.89. The Morgan fingerprint density at radius 1 is 1.03 bits per heavy atom. The highest BCUT2D eigenvalue weighted by molar-refractivity contribution is 8.03. The maximum Gasteiger partial charge on any atom is 0.250 e. The first kappa shape index (κ1) is 26.0. The first-order chi connectivity index (χ1) is 18.9. The molecule has 5 rings (SSSR count). The van der Waals surface area contributed by atoms with Crippen LogP contribution in [0, 0.1) is 16.0 Å². The summed E-state index contributed by atoms with van der Waals surface area (Å²) in [6.45, 7) is 0. The van der Waals surface area contributed by atoms with Crippen molar-refractivity contribution in [2.75, 3.05) is 4.90 Å². The maximum atomic E-state index is 13.6. The molecule has 2 amide bonds. The molecule has 1 N–H and O–H groups in total. The van der Waals surface area contributed by atoms with Crippen molar-refractivity contribution in [2.45, 2.75) is 11.4 Å². The highest BCUT2D eigenvalue weighted by Gasteiger charge is 2.39. The van der Waals surface area contributed by atoms with Crippen LogP contribution in [0.2, 0.25) is 0 Å². The average Bonchev–Trinajstić information content (AvgIpc) is 2.93. The summed E-state index contributed by atoms with van der Waals surface area (Å²) in [7, 11) is 0. The number of carbonyl (C=O) groups is 2. The van der Waals surface area contributed by atoms with E-state index < -0.39 is 22.7 Å². The largest absolute Gasteiger partial charge is 0.457 e. The fourth-order valence-corrected chi connectivity index (χ4v) is 5.17. The first-order valence-electron chi connectivity index (χ1n) is 11.8. The second-order valence-electron chi connectivity index (χ2n) is 8.44. The number of thiocarbonyl (C=S) groups is 1. The van der Waals surface area contributed by atoms with Crippen LogP contribution in [0.4, 0.5) is 5.69 Å². The molecule has 3 aromatic rings. The molecule has 1 aliphatic carbocycles. The number of amides is 2. The minimum absolute atomic E-state index is 0.0448. The van der Waals surface area contributed by atoms with Gasteiger partial charge in [-0.3, -0.25) is 24.6 Å². The predicted molar refractivity (Wildman–Crippen MR) is 151 cm³/mol. The van der Waals surface area contributed by atoms with E-state index in [-0.39, 0.29) is 17.2 Å². The number of rotatable bonds is 7. The third-order valence-corrected chi connectivity index (χ3v) is 7.20. The molecule has 1 saturated heterocycles. The van der Waals surface area contributed by atoms with Crippen molar-refractivity contribution < 1.29 is 19.2 Å². The van der Waals surface area contributed by atoms with Gasteiger partial charge in [-0.2, -0.15) is 0 Å². The lowest BCUT2D eigenvalue weighted by atomic mass is 9.96. The molecule has 1 aliphatic heterocycles. The number of anilines is 1. The molecular weight excluding hydrogens is 536 g/mol. The Labute approximate surface area is 233 Å². The Morgan fingerprint density at radius 3 is 2.44 bits per heavy atom. The van der Waals surface area contributed by atoms with E-state index in [0.29, 0.717) is 32.7 Å². The monoisotopic (exact) mass is 556 g/mol. The first-order valence-corrected chi connectivity index (χ1v) is 13.0. The number of hydrogen-bond donors (Lipinski definition) is 1. The SMILES string of the molecule is O=C1NC(=S)N(c2ccc(Oc3ccccc3)cc2)C(=O)C1C=C1CC([N+](=O)[O-])=CC=C1Sc1ccccn1. The van der Waals surface area contributed by atoms with Gasteiger partial charge in [0.25, 0.3) is 5.70 Å². The molecule has 0 radical (unpaired) electrons. The number of allylic oxidation sites excluding steroid dienone is 4. The van der Waals surface area contributed by atoms with Crippen LogP contribution in [0.15, 0.2) is 118 Å². The molecular formula is C28H20N4O5S2. The number of carbonyl (C=O) groups excluding carboxylic acids is 2. The molecule has 1 atom stereocenters. The summed E-state index contributed by atoms with van der Waals surface area (Å²) < 4.78 is 5.81. The number of thioether (sulfide) groups is 1. The van der Waals surface area contributed by atoms with Crippen LogP contribution in [0.1, 0.15) is 6.42 Å². The molecule has 2 aromatic carbocycles. The standard InChI is InChI=1S/C28H20N4O5S2/c33-26-23(17-18-16-20(32(35)36)11-14-24(18)39-25-8-4-5-15-29-25)27(34)31(28(38)30-26)19-9-12-22(13-10-19)37-21-6-2-1-3-7-21/h1-15,17,23H,16H2,(H,30,33,38). The number of pyridine rings is 1. The Hall–Kier alpha value is -4.61. The molecule has 0 saturated carbocycles. The summed E-state index contributed by atoms with van der Waals surface area (Å²) in [5, 5.41) is 14.7. The lowest BCUT2D eigenvalue weighted by Gasteiger charge is -2.31. The second kappa shape index (κ2) is 11.4. The van der Waals surface area contributed by atoms with Crippen molar-refractivity contribution in [3.63, 3.8) is 0 Å². The summed E-state index contributed by atoms with van der Waals surface area (Å²) in [5.41, 5.74) is 0.881. The number of hydrogen-bond acceptors (Lipinski definition) is 8. The number of aromatic nitrogens is 1. The smallest absolute Gasteiger partial charge is 0.250 e. The molecule has 194 valence electrons. The minimum Gasteiger partial charge on any atom is -0.457 e. The minimum atomic E-state index is -1.24. The molecule has 9 nitrogen and oxygen atoms in total. The van der Waals surface area contributed by atoms with Gasteiger partial charge in [0, 0.05) is 17.2 Å². The number of para-hydroxylation sites is 1. The third-order valence-electron chi connectivity index (χ3n) is 5.85. The van der Waals surface area contributed by atoms with Gasteiger partial charge in [-0.1, -0.05) is 42.1 Å². The molecule has 11 heteroatoms. The van der Waals surface area contributed by atoms with Crippen LogP contribution >= 0.6 is 24.0 Å². The molecule has 2 heterocycles. The highest BCUT2D eigenvalue weighted by Crippen LogP contribution is 2.38. The van der Waals surface area contributed by atoms with E-state index in [4.69, 9.17) is 17.0 Å². The van der Waals surface area contributed by atoms with E-state index >= 15 is 0 Å². The zero-order chi connectivity index (χ0) is 27.4. The Morgan fingerprint density at radius 2 is 1.74 bits per heavy atom. The number of benzene rings is 2. The molecule has 2 aliphatic rings. The van der Waals surface area contributed by atoms with Gasteiger partial charge in [0.2, 0.25) is 11.8 Å². The fraction of sp³-hybridized carbons (Fsp3) is 0.0714. The van der Waals surface area contributed by atoms with E-state index in [2.05, 4.69) is 10.3 Å². The average molecular weight is 557 g/mol. The van der Waals surface area contributed by atoms with E-state index in [1.807, 2.05) is 36.4 Å². The van der Waals surface area contributed by atoms with Gasteiger partial charge < -0.3 is 10.1 Å².